The third-order valence-electron chi connectivity index (χ3n) is 4.75. The van der Waals surface area contributed by atoms with Crippen molar-refractivity contribution in [2.24, 2.45) is 5.92 Å². The first-order chi connectivity index (χ1) is 10.4. The molecular weight excluding hydrogens is 276 g/mol. The molecule has 0 saturated carbocycles. The van der Waals surface area contributed by atoms with E-state index < -0.39 is 5.54 Å². The molecule has 1 aliphatic rings. The lowest BCUT2D eigenvalue weighted by molar-refractivity contribution is -0.127. The summed E-state index contributed by atoms with van der Waals surface area (Å²) in [4.78, 5) is 26.8. The Morgan fingerprint density at radius 1 is 1.32 bits per heavy atom. The number of nitrogens with one attached hydrogen (secondary N) is 1. The second kappa shape index (κ2) is 6.51. The van der Waals surface area contributed by atoms with Gasteiger partial charge in [-0.1, -0.05) is 32.9 Å². The molecule has 2 unspecified atom stereocenters. The quantitative estimate of drug-likeness (QED) is 0.909. The summed E-state index contributed by atoms with van der Waals surface area (Å²) in [6, 6.07) is 7.94. The number of rotatable bonds is 5. The number of carbonyl (C=O) groups excluding carboxylic acids is 2. The van der Waals surface area contributed by atoms with E-state index in [9.17, 15) is 9.59 Å². The number of nitrogens with zero attached hydrogens (tertiary/aromatic N) is 1. The highest BCUT2D eigenvalue weighted by Gasteiger charge is 2.53. The SMILES string of the molecule is CCCNC(=O)C1(C)C(C)CC(=O)N1c1ccc(CC)cc1. The van der Waals surface area contributed by atoms with Crippen LogP contribution in [0, 0.1) is 5.92 Å². The van der Waals surface area contributed by atoms with Crippen molar-refractivity contribution < 1.29 is 9.59 Å². The standard InChI is InChI=1S/C18H26N2O2/c1-5-11-19-17(22)18(4)13(3)12-16(21)20(18)15-9-7-14(6-2)8-10-15/h7-10,13H,5-6,11-12H2,1-4H3,(H,19,22). The molecule has 4 heteroatoms. The molecule has 120 valence electrons. The van der Waals surface area contributed by atoms with E-state index in [1.165, 1.54) is 5.56 Å². The van der Waals surface area contributed by atoms with Crippen LogP contribution in [0.5, 0.6) is 0 Å². The summed E-state index contributed by atoms with van der Waals surface area (Å²) in [5.74, 6) is -0.0547. The fourth-order valence-electron chi connectivity index (χ4n) is 3.07. The molecule has 1 aliphatic heterocycles. The first-order valence-electron chi connectivity index (χ1n) is 8.15. The maximum absolute atomic E-state index is 12.7. The average molecular weight is 302 g/mol. The number of amides is 2. The van der Waals surface area contributed by atoms with Crippen molar-refractivity contribution in [2.45, 2.75) is 52.5 Å². The van der Waals surface area contributed by atoms with Gasteiger partial charge in [-0.25, -0.2) is 0 Å². The molecule has 2 rings (SSSR count). The van der Waals surface area contributed by atoms with E-state index in [0.29, 0.717) is 13.0 Å². The molecule has 0 spiro atoms. The summed E-state index contributed by atoms with van der Waals surface area (Å²) in [7, 11) is 0. The Morgan fingerprint density at radius 2 is 1.95 bits per heavy atom. The maximum Gasteiger partial charge on any atom is 0.246 e. The minimum absolute atomic E-state index is 0.0114. The normalized spacial score (nSPS) is 24.6. The number of hydrogen-bond acceptors (Lipinski definition) is 2. The molecule has 22 heavy (non-hydrogen) atoms. The van der Waals surface area contributed by atoms with E-state index in [-0.39, 0.29) is 17.7 Å². The van der Waals surface area contributed by atoms with Crippen LogP contribution in [-0.2, 0) is 16.0 Å². The molecule has 0 bridgehead atoms. The first kappa shape index (κ1) is 16.5. The zero-order valence-corrected chi connectivity index (χ0v) is 14.0. The number of hydrogen-bond donors (Lipinski definition) is 1. The predicted molar refractivity (Wildman–Crippen MR) is 88.8 cm³/mol. The Hall–Kier alpha value is -1.84. The van der Waals surface area contributed by atoms with Crippen LogP contribution in [0.3, 0.4) is 0 Å². The molecule has 2 atom stereocenters. The lowest BCUT2D eigenvalue weighted by Crippen LogP contribution is -2.57. The third kappa shape index (κ3) is 2.74. The Kier molecular flexibility index (Phi) is 4.89. The Bertz CT molecular complexity index is 553. The summed E-state index contributed by atoms with van der Waals surface area (Å²) < 4.78 is 0. The van der Waals surface area contributed by atoms with Crippen LogP contribution >= 0.6 is 0 Å². The van der Waals surface area contributed by atoms with Gasteiger partial charge in [0.25, 0.3) is 0 Å². The van der Waals surface area contributed by atoms with Crippen LogP contribution < -0.4 is 10.2 Å². The summed E-state index contributed by atoms with van der Waals surface area (Å²) >= 11 is 0. The molecule has 1 N–H and O–H groups in total. The van der Waals surface area contributed by atoms with Gasteiger partial charge in [0.05, 0.1) is 0 Å². The van der Waals surface area contributed by atoms with Gasteiger partial charge in [0.2, 0.25) is 11.8 Å². The van der Waals surface area contributed by atoms with Gasteiger partial charge in [-0.2, -0.15) is 0 Å². The van der Waals surface area contributed by atoms with Crippen molar-refractivity contribution in [3.63, 3.8) is 0 Å². The number of carbonyl (C=O) groups is 2. The lowest BCUT2D eigenvalue weighted by atomic mass is 9.86. The van der Waals surface area contributed by atoms with E-state index in [4.69, 9.17) is 0 Å². The summed E-state index contributed by atoms with van der Waals surface area (Å²) in [6.45, 7) is 8.61. The van der Waals surface area contributed by atoms with E-state index in [0.717, 1.165) is 18.5 Å². The molecule has 0 aliphatic carbocycles. The predicted octanol–water partition coefficient (Wildman–Crippen LogP) is 2.91. The van der Waals surface area contributed by atoms with E-state index in [2.05, 4.69) is 12.2 Å². The Labute approximate surface area is 132 Å². The second-order valence-electron chi connectivity index (χ2n) is 6.26. The van der Waals surface area contributed by atoms with Gasteiger partial charge in [-0.3, -0.25) is 14.5 Å². The highest BCUT2D eigenvalue weighted by atomic mass is 16.2. The zero-order valence-electron chi connectivity index (χ0n) is 14.0. The highest BCUT2D eigenvalue weighted by Crippen LogP contribution is 2.39. The summed E-state index contributed by atoms with van der Waals surface area (Å²) in [5.41, 5.74) is 1.21. The molecule has 1 saturated heterocycles. The van der Waals surface area contributed by atoms with Gasteiger partial charge in [0.1, 0.15) is 5.54 Å². The zero-order chi connectivity index (χ0) is 16.3. The first-order valence-corrected chi connectivity index (χ1v) is 8.15. The van der Waals surface area contributed by atoms with Gasteiger partial charge in [0, 0.05) is 18.7 Å². The van der Waals surface area contributed by atoms with Crippen LogP contribution in [0.4, 0.5) is 5.69 Å². The van der Waals surface area contributed by atoms with Crippen LogP contribution in [-0.4, -0.2) is 23.9 Å². The smallest absolute Gasteiger partial charge is 0.246 e. The van der Waals surface area contributed by atoms with Gasteiger partial charge in [-0.15, -0.1) is 0 Å². The Morgan fingerprint density at radius 3 is 2.50 bits per heavy atom. The second-order valence-corrected chi connectivity index (χ2v) is 6.26. The average Bonchev–Trinajstić information content (AvgIpc) is 2.75. The van der Waals surface area contributed by atoms with E-state index in [1.54, 1.807) is 4.90 Å². The van der Waals surface area contributed by atoms with Crippen LogP contribution in [0.1, 0.15) is 46.1 Å². The summed E-state index contributed by atoms with van der Waals surface area (Å²) in [5, 5.41) is 2.96. The minimum Gasteiger partial charge on any atom is -0.354 e. The van der Waals surface area contributed by atoms with Gasteiger partial charge < -0.3 is 5.32 Å². The van der Waals surface area contributed by atoms with E-state index >= 15 is 0 Å². The fraction of sp³-hybridized carbons (Fsp3) is 0.556. The molecule has 2 amide bonds. The molecule has 1 aromatic rings. The van der Waals surface area contributed by atoms with Crippen molar-refractivity contribution in [1.82, 2.24) is 5.32 Å². The maximum atomic E-state index is 12.7. The highest BCUT2D eigenvalue weighted by molar-refractivity contribution is 6.07. The molecule has 1 aromatic carbocycles. The monoisotopic (exact) mass is 302 g/mol. The minimum atomic E-state index is -0.819. The van der Waals surface area contributed by atoms with Crippen molar-refractivity contribution in [3.8, 4) is 0 Å². The molecular formula is C18H26N2O2. The third-order valence-corrected chi connectivity index (χ3v) is 4.75. The van der Waals surface area contributed by atoms with Crippen LogP contribution in [0.25, 0.3) is 0 Å². The molecule has 4 nitrogen and oxygen atoms in total. The molecule has 1 heterocycles. The largest absolute Gasteiger partial charge is 0.354 e. The van der Waals surface area contributed by atoms with Crippen molar-refractivity contribution in [2.75, 3.05) is 11.4 Å². The van der Waals surface area contributed by atoms with Crippen LogP contribution in [0.2, 0.25) is 0 Å². The van der Waals surface area contributed by atoms with Gasteiger partial charge in [-0.05, 0) is 43.4 Å². The Balaban J connectivity index is 2.36. The van der Waals surface area contributed by atoms with Crippen molar-refractivity contribution in [1.29, 1.82) is 0 Å². The lowest BCUT2D eigenvalue weighted by Gasteiger charge is -2.36. The van der Waals surface area contributed by atoms with Gasteiger partial charge >= 0.3 is 0 Å². The van der Waals surface area contributed by atoms with Gasteiger partial charge in [0.15, 0.2) is 0 Å². The van der Waals surface area contributed by atoms with Crippen molar-refractivity contribution in [3.05, 3.63) is 29.8 Å². The van der Waals surface area contributed by atoms with E-state index in [1.807, 2.05) is 45.0 Å². The number of aryl methyl sites for hydroxylation is 1. The molecule has 1 fully saturated rings. The topological polar surface area (TPSA) is 49.4 Å². The number of benzene rings is 1. The summed E-state index contributed by atoms with van der Waals surface area (Å²) in [6.07, 6.45) is 2.25. The van der Waals surface area contributed by atoms with Crippen LogP contribution in [0.15, 0.2) is 24.3 Å². The van der Waals surface area contributed by atoms with Crippen molar-refractivity contribution >= 4 is 17.5 Å². The molecule has 0 radical (unpaired) electrons. The fourth-order valence-corrected chi connectivity index (χ4v) is 3.07. The number of anilines is 1. The molecule has 0 aromatic heterocycles.